The van der Waals surface area contributed by atoms with Gasteiger partial charge in [0, 0.05) is 12.2 Å². The Morgan fingerprint density at radius 1 is 1.30 bits per heavy atom. The Balaban J connectivity index is 1.81. The Morgan fingerprint density at radius 3 is 2.81 bits per heavy atom. The molecular weight excluding hydrogens is 360 g/mol. The Kier molecular flexibility index (Phi) is 4.70. The summed E-state index contributed by atoms with van der Waals surface area (Å²) in [5, 5.41) is 3.63. The normalized spacial score (nSPS) is 14.9. The van der Waals surface area contributed by atoms with Crippen LogP contribution in [0.4, 0.5) is 0 Å². The van der Waals surface area contributed by atoms with E-state index in [0.717, 1.165) is 18.4 Å². The number of rotatable bonds is 5. The van der Waals surface area contributed by atoms with E-state index in [1.165, 1.54) is 16.3 Å². The highest BCUT2D eigenvalue weighted by molar-refractivity contribution is 8.00. The van der Waals surface area contributed by atoms with E-state index in [9.17, 15) is 9.59 Å². The zero-order chi connectivity index (χ0) is 19.0. The summed E-state index contributed by atoms with van der Waals surface area (Å²) in [5.74, 6) is 0.476. The molecule has 1 unspecified atom stereocenters. The number of benzene rings is 1. The lowest BCUT2D eigenvalue weighted by molar-refractivity contribution is -0.120. The number of thioether (sulfide) groups is 1. The van der Waals surface area contributed by atoms with Crippen LogP contribution < -0.4 is 10.9 Å². The first kappa shape index (κ1) is 17.7. The lowest BCUT2D eigenvalue weighted by Gasteiger charge is -2.16. The van der Waals surface area contributed by atoms with Crippen molar-refractivity contribution in [3.05, 3.63) is 58.5 Å². The van der Waals surface area contributed by atoms with Crippen LogP contribution >= 0.6 is 11.8 Å². The van der Waals surface area contributed by atoms with Gasteiger partial charge in [-0.05, 0) is 56.5 Å². The fraction of sp³-hybridized carbons (Fsp3) is 0.300. The second kappa shape index (κ2) is 7.15. The molecule has 1 fully saturated rings. The minimum atomic E-state index is -0.366. The Labute approximate surface area is 161 Å². The quantitative estimate of drug-likeness (QED) is 0.544. The van der Waals surface area contributed by atoms with Crippen molar-refractivity contribution in [2.75, 3.05) is 0 Å². The van der Waals surface area contributed by atoms with E-state index in [0.29, 0.717) is 27.9 Å². The first-order valence-electron chi connectivity index (χ1n) is 8.95. The molecule has 1 saturated carbocycles. The van der Waals surface area contributed by atoms with Crippen molar-refractivity contribution in [1.29, 1.82) is 0 Å². The van der Waals surface area contributed by atoms with Gasteiger partial charge in [0.25, 0.3) is 5.56 Å². The van der Waals surface area contributed by atoms with Crippen LogP contribution in [0.2, 0.25) is 0 Å². The van der Waals surface area contributed by atoms with Crippen LogP contribution in [-0.2, 0) is 4.79 Å². The fourth-order valence-corrected chi connectivity index (χ4v) is 3.72. The molecule has 0 saturated heterocycles. The average molecular weight is 380 g/mol. The first-order valence-corrected chi connectivity index (χ1v) is 9.83. The fourth-order valence-electron chi connectivity index (χ4n) is 2.79. The SMILES string of the molecule is Cc1ccnc(-n2c(SC(C)C(=O)NC3CC3)nc3ccccc3c2=O)c1. The van der Waals surface area contributed by atoms with Gasteiger partial charge < -0.3 is 5.32 Å². The number of nitrogens with one attached hydrogen (secondary N) is 1. The standard InChI is InChI=1S/C20H20N4O2S/c1-12-9-10-21-17(11-12)24-19(26)15-5-3-4-6-16(15)23-20(24)27-13(2)18(25)22-14-7-8-14/h3-6,9-11,13-14H,7-8H2,1-2H3,(H,22,25). The maximum atomic E-state index is 13.2. The summed E-state index contributed by atoms with van der Waals surface area (Å²) in [5.41, 5.74) is 1.43. The predicted molar refractivity (Wildman–Crippen MR) is 106 cm³/mol. The van der Waals surface area contributed by atoms with Crippen molar-refractivity contribution < 1.29 is 4.79 Å². The highest BCUT2D eigenvalue weighted by Gasteiger charge is 2.27. The van der Waals surface area contributed by atoms with Gasteiger partial charge in [-0.1, -0.05) is 23.9 Å². The Hall–Kier alpha value is -2.67. The molecule has 6 nitrogen and oxygen atoms in total. The zero-order valence-electron chi connectivity index (χ0n) is 15.2. The summed E-state index contributed by atoms with van der Waals surface area (Å²) in [6, 6.07) is 11.3. The Morgan fingerprint density at radius 2 is 2.07 bits per heavy atom. The molecule has 2 aromatic heterocycles. The van der Waals surface area contributed by atoms with Gasteiger partial charge in [-0.2, -0.15) is 0 Å². The van der Waals surface area contributed by atoms with Crippen molar-refractivity contribution in [2.24, 2.45) is 0 Å². The maximum Gasteiger partial charge on any atom is 0.267 e. The molecule has 1 aliphatic rings. The van der Waals surface area contributed by atoms with Crippen molar-refractivity contribution in [1.82, 2.24) is 19.9 Å². The molecule has 0 aliphatic heterocycles. The highest BCUT2D eigenvalue weighted by Crippen LogP contribution is 2.26. The van der Waals surface area contributed by atoms with Gasteiger partial charge in [0.1, 0.15) is 5.82 Å². The number of para-hydroxylation sites is 1. The zero-order valence-corrected chi connectivity index (χ0v) is 16.0. The third kappa shape index (κ3) is 3.73. The molecule has 1 N–H and O–H groups in total. The lowest BCUT2D eigenvalue weighted by atomic mass is 10.2. The summed E-state index contributed by atoms with van der Waals surface area (Å²) >= 11 is 1.28. The van der Waals surface area contributed by atoms with Crippen molar-refractivity contribution in [2.45, 2.75) is 43.1 Å². The van der Waals surface area contributed by atoms with Gasteiger partial charge in [0.2, 0.25) is 5.91 Å². The number of amides is 1. The van der Waals surface area contributed by atoms with Crippen LogP contribution in [0.25, 0.3) is 16.7 Å². The van der Waals surface area contributed by atoms with Crippen molar-refractivity contribution >= 4 is 28.6 Å². The van der Waals surface area contributed by atoms with Crippen LogP contribution in [-0.4, -0.2) is 31.7 Å². The topological polar surface area (TPSA) is 76.9 Å². The number of aryl methyl sites for hydroxylation is 1. The molecule has 1 aromatic carbocycles. The van der Waals surface area contributed by atoms with E-state index in [1.807, 2.05) is 44.2 Å². The summed E-state index contributed by atoms with van der Waals surface area (Å²) < 4.78 is 1.50. The number of carbonyl (C=O) groups excluding carboxylic acids is 1. The Bertz CT molecular complexity index is 1080. The largest absolute Gasteiger partial charge is 0.352 e. The van der Waals surface area contributed by atoms with E-state index >= 15 is 0 Å². The number of pyridine rings is 1. The number of carbonyl (C=O) groups is 1. The summed E-state index contributed by atoms with van der Waals surface area (Å²) in [6.07, 6.45) is 3.74. The van der Waals surface area contributed by atoms with E-state index < -0.39 is 0 Å². The van der Waals surface area contributed by atoms with Crippen molar-refractivity contribution in [3.63, 3.8) is 0 Å². The van der Waals surface area contributed by atoms with Crippen molar-refractivity contribution in [3.8, 4) is 5.82 Å². The van der Waals surface area contributed by atoms with Gasteiger partial charge in [-0.3, -0.25) is 9.59 Å². The molecule has 2 heterocycles. The van der Waals surface area contributed by atoms with Crippen LogP contribution in [0.1, 0.15) is 25.3 Å². The molecule has 3 aromatic rings. The minimum absolute atomic E-state index is 0.0336. The molecule has 27 heavy (non-hydrogen) atoms. The van der Waals surface area contributed by atoms with Crippen LogP contribution in [0.3, 0.4) is 0 Å². The summed E-state index contributed by atoms with van der Waals surface area (Å²) in [6.45, 7) is 3.78. The van der Waals surface area contributed by atoms with E-state index in [-0.39, 0.29) is 16.7 Å². The van der Waals surface area contributed by atoms with Crippen LogP contribution in [0.15, 0.2) is 52.5 Å². The number of hydrogen-bond donors (Lipinski definition) is 1. The van der Waals surface area contributed by atoms with Gasteiger partial charge >= 0.3 is 0 Å². The van der Waals surface area contributed by atoms with E-state index in [4.69, 9.17) is 0 Å². The second-order valence-corrected chi connectivity index (χ2v) is 8.09. The third-order valence-electron chi connectivity index (χ3n) is 4.45. The number of aromatic nitrogens is 3. The summed E-state index contributed by atoms with van der Waals surface area (Å²) in [4.78, 5) is 34.6. The van der Waals surface area contributed by atoms with Gasteiger partial charge in [-0.25, -0.2) is 14.5 Å². The lowest BCUT2D eigenvalue weighted by Crippen LogP contribution is -2.33. The van der Waals surface area contributed by atoms with E-state index in [1.54, 1.807) is 12.3 Å². The molecule has 0 spiro atoms. The predicted octanol–water partition coefficient (Wildman–Crippen LogP) is 2.85. The van der Waals surface area contributed by atoms with Gasteiger partial charge in [0.05, 0.1) is 16.2 Å². The molecule has 1 amide bonds. The summed E-state index contributed by atoms with van der Waals surface area (Å²) in [7, 11) is 0. The molecule has 0 radical (unpaired) electrons. The van der Waals surface area contributed by atoms with Gasteiger partial charge in [-0.15, -0.1) is 0 Å². The minimum Gasteiger partial charge on any atom is -0.352 e. The van der Waals surface area contributed by atoms with Crippen LogP contribution in [0, 0.1) is 6.92 Å². The maximum absolute atomic E-state index is 13.2. The van der Waals surface area contributed by atoms with E-state index in [2.05, 4.69) is 15.3 Å². The van der Waals surface area contributed by atoms with Crippen LogP contribution in [0.5, 0.6) is 0 Å². The van der Waals surface area contributed by atoms with Gasteiger partial charge in [0.15, 0.2) is 5.16 Å². The second-order valence-electron chi connectivity index (χ2n) is 6.79. The molecule has 1 atom stereocenters. The number of hydrogen-bond acceptors (Lipinski definition) is 5. The monoisotopic (exact) mass is 380 g/mol. The average Bonchev–Trinajstić information content (AvgIpc) is 3.46. The number of nitrogens with zero attached hydrogens (tertiary/aromatic N) is 3. The molecular formula is C20H20N4O2S. The third-order valence-corrected chi connectivity index (χ3v) is 5.50. The first-order chi connectivity index (χ1) is 13.0. The molecule has 0 bridgehead atoms. The highest BCUT2D eigenvalue weighted by atomic mass is 32.2. The smallest absolute Gasteiger partial charge is 0.267 e. The molecule has 7 heteroatoms. The molecule has 138 valence electrons. The molecule has 4 rings (SSSR count). The molecule has 1 aliphatic carbocycles. The number of fused-ring (bicyclic) bond motifs is 1.